The van der Waals surface area contributed by atoms with Gasteiger partial charge in [-0.05, 0) is 43.7 Å². The molecule has 0 bridgehead atoms. The van der Waals surface area contributed by atoms with Gasteiger partial charge in [0.25, 0.3) is 5.56 Å². The lowest BCUT2D eigenvalue weighted by Crippen LogP contribution is -2.47. The SMILES string of the molecule is Cc1ccc(S(=O)c2n[nH]n3c2nc(=O)c2ccc(N4CCN(CCC(=O)NCCN)CC4)cc23)c(C)c1. The first-order valence-corrected chi connectivity index (χ1v) is 13.8. The van der Waals surface area contributed by atoms with Crippen molar-refractivity contribution in [2.45, 2.75) is 30.2 Å². The quantitative estimate of drug-likeness (QED) is 0.302. The minimum Gasteiger partial charge on any atom is -0.369 e. The number of hydrogen-bond donors (Lipinski definition) is 3. The lowest BCUT2D eigenvalue weighted by molar-refractivity contribution is -0.121. The van der Waals surface area contributed by atoms with Crippen LogP contribution in [0.4, 0.5) is 5.69 Å². The number of fused-ring (bicyclic) bond motifs is 3. The van der Waals surface area contributed by atoms with Gasteiger partial charge in [0, 0.05) is 62.8 Å². The number of nitrogens with two attached hydrogens (primary N) is 1. The van der Waals surface area contributed by atoms with Crippen LogP contribution in [0.2, 0.25) is 0 Å². The van der Waals surface area contributed by atoms with E-state index in [1.54, 1.807) is 10.6 Å². The average molecular weight is 537 g/mol. The summed E-state index contributed by atoms with van der Waals surface area (Å²) in [6.07, 6.45) is 0.454. The molecule has 38 heavy (non-hydrogen) atoms. The second-order valence-corrected chi connectivity index (χ2v) is 10.9. The topological polar surface area (TPSA) is 142 Å². The third kappa shape index (κ3) is 5.19. The van der Waals surface area contributed by atoms with Crippen LogP contribution in [0.3, 0.4) is 0 Å². The summed E-state index contributed by atoms with van der Waals surface area (Å²) in [7, 11) is -1.60. The Labute approximate surface area is 222 Å². The van der Waals surface area contributed by atoms with Crippen molar-refractivity contribution in [3.05, 3.63) is 57.9 Å². The lowest BCUT2D eigenvalue weighted by Gasteiger charge is -2.36. The fourth-order valence-electron chi connectivity index (χ4n) is 4.82. The number of aryl methyl sites for hydroxylation is 2. The van der Waals surface area contributed by atoms with Gasteiger partial charge in [0.1, 0.15) is 10.8 Å². The van der Waals surface area contributed by atoms with Gasteiger partial charge in [-0.15, -0.1) is 5.10 Å². The van der Waals surface area contributed by atoms with Crippen LogP contribution >= 0.6 is 0 Å². The van der Waals surface area contributed by atoms with E-state index in [0.717, 1.165) is 43.0 Å². The molecule has 4 aromatic rings. The second-order valence-electron chi connectivity index (χ2n) is 9.55. The maximum Gasteiger partial charge on any atom is 0.281 e. The van der Waals surface area contributed by atoms with Crippen LogP contribution in [0.15, 0.2) is 51.1 Å². The molecule has 1 amide bonds. The lowest BCUT2D eigenvalue weighted by atomic mass is 10.2. The number of anilines is 1. The Balaban J connectivity index is 1.37. The third-order valence-corrected chi connectivity index (χ3v) is 8.36. The van der Waals surface area contributed by atoms with Gasteiger partial charge in [0.15, 0.2) is 10.7 Å². The predicted molar refractivity (Wildman–Crippen MR) is 147 cm³/mol. The molecule has 3 heterocycles. The number of nitrogens with one attached hydrogen (secondary N) is 2. The Morgan fingerprint density at radius 1 is 1.13 bits per heavy atom. The summed E-state index contributed by atoms with van der Waals surface area (Å²) in [5.41, 5.74) is 8.89. The number of nitrogens with zero attached hydrogens (tertiary/aromatic N) is 5. The zero-order valence-corrected chi connectivity index (χ0v) is 22.4. The van der Waals surface area contributed by atoms with Crippen molar-refractivity contribution in [1.82, 2.24) is 30.0 Å². The molecule has 2 aromatic carbocycles. The van der Waals surface area contributed by atoms with Crippen molar-refractivity contribution < 1.29 is 9.00 Å². The number of rotatable bonds is 8. The van der Waals surface area contributed by atoms with Crippen molar-refractivity contribution in [1.29, 1.82) is 0 Å². The minimum atomic E-state index is -1.60. The predicted octanol–water partition coefficient (Wildman–Crippen LogP) is 0.941. The molecule has 1 fully saturated rings. The van der Waals surface area contributed by atoms with Crippen molar-refractivity contribution in [2.24, 2.45) is 5.73 Å². The molecule has 0 radical (unpaired) electrons. The Kier molecular flexibility index (Phi) is 7.54. The number of H-pyrrole nitrogens is 1. The summed E-state index contributed by atoms with van der Waals surface area (Å²) in [4.78, 5) is 34.2. The standard InChI is InChI=1S/C26H32N8O3S/c1-17-3-6-22(18(2)15-17)38(37)26-24-29-25(36)20-5-4-19(16-21(20)34(24)31-30-26)33-13-11-32(12-14-33)10-7-23(35)28-9-8-27/h3-6,15-16,31H,7-14,27H2,1-2H3,(H,28,35). The number of benzene rings is 2. The van der Waals surface area contributed by atoms with Crippen LogP contribution < -0.4 is 21.5 Å². The first-order valence-electron chi connectivity index (χ1n) is 12.7. The van der Waals surface area contributed by atoms with Crippen LogP contribution in [-0.2, 0) is 15.6 Å². The summed E-state index contributed by atoms with van der Waals surface area (Å²) >= 11 is 0. The van der Waals surface area contributed by atoms with E-state index in [1.165, 1.54) is 0 Å². The molecular formula is C26H32N8O3S. The summed E-state index contributed by atoms with van der Waals surface area (Å²) in [5.74, 6) is 0.0212. The Bertz CT molecular complexity index is 1570. The van der Waals surface area contributed by atoms with E-state index < -0.39 is 10.8 Å². The molecule has 1 unspecified atom stereocenters. The molecule has 1 saturated heterocycles. The van der Waals surface area contributed by atoms with Crippen LogP contribution in [-0.4, -0.2) is 80.6 Å². The molecule has 4 N–H and O–H groups in total. The summed E-state index contributed by atoms with van der Waals surface area (Å²) in [6.45, 7) is 8.79. The summed E-state index contributed by atoms with van der Waals surface area (Å²) in [5, 5.41) is 10.7. The van der Waals surface area contributed by atoms with E-state index in [-0.39, 0.29) is 22.1 Å². The first kappa shape index (κ1) is 26.0. The van der Waals surface area contributed by atoms with Crippen molar-refractivity contribution in [3.63, 3.8) is 0 Å². The van der Waals surface area contributed by atoms with Gasteiger partial charge in [-0.25, -0.2) is 13.9 Å². The second kappa shape index (κ2) is 11.0. The Hall–Kier alpha value is -3.61. The molecule has 1 atom stereocenters. The monoisotopic (exact) mass is 536 g/mol. The van der Waals surface area contributed by atoms with Gasteiger partial charge in [-0.1, -0.05) is 17.7 Å². The van der Waals surface area contributed by atoms with E-state index >= 15 is 0 Å². The van der Waals surface area contributed by atoms with E-state index in [0.29, 0.717) is 41.9 Å². The van der Waals surface area contributed by atoms with Crippen LogP contribution in [0, 0.1) is 13.8 Å². The van der Waals surface area contributed by atoms with Crippen LogP contribution in [0.5, 0.6) is 0 Å². The third-order valence-electron chi connectivity index (χ3n) is 6.88. The highest BCUT2D eigenvalue weighted by Gasteiger charge is 2.22. The molecular weight excluding hydrogens is 504 g/mol. The van der Waals surface area contributed by atoms with Gasteiger partial charge in [0.05, 0.1) is 10.9 Å². The minimum absolute atomic E-state index is 0.0212. The normalized spacial score (nSPS) is 15.3. The molecule has 11 nitrogen and oxygen atoms in total. The smallest absolute Gasteiger partial charge is 0.281 e. The van der Waals surface area contributed by atoms with Crippen molar-refractivity contribution >= 4 is 38.9 Å². The number of hydrogen-bond acceptors (Lipinski definition) is 8. The molecule has 12 heteroatoms. The molecule has 200 valence electrons. The largest absolute Gasteiger partial charge is 0.369 e. The Morgan fingerprint density at radius 2 is 1.92 bits per heavy atom. The number of carbonyl (C=O) groups is 1. The fourth-order valence-corrected chi connectivity index (χ4v) is 6.00. The van der Waals surface area contributed by atoms with Gasteiger partial charge in [0.2, 0.25) is 5.91 Å². The maximum atomic E-state index is 13.4. The molecule has 1 aliphatic heterocycles. The van der Waals surface area contributed by atoms with Crippen molar-refractivity contribution in [2.75, 3.05) is 50.7 Å². The highest BCUT2D eigenvalue weighted by Crippen LogP contribution is 2.25. The molecule has 1 aliphatic rings. The Morgan fingerprint density at radius 3 is 2.66 bits per heavy atom. The summed E-state index contributed by atoms with van der Waals surface area (Å²) < 4.78 is 15.1. The van der Waals surface area contributed by atoms with Gasteiger partial charge < -0.3 is 16.0 Å². The van der Waals surface area contributed by atoms with E-state index in [4.69, 9.17) is 5.73 Å². The van der Waals surface area contributed by atoms with E-state index in [1.807, 2.05) is 44.2 Å². The first-order chi connectivity index (χ1) is 18.4. The zero-order valence-electron chi connectivity index (χ0n) is 21.6. The summed E-state index contributed by atoms with van der Waals surface area (Å²) in [6, 6.07) is 11.4. The van der Waals surface area contributed by atoms with E-state index in [2.05, 4.69) is 30.4 Å². The van der Waals surface area contributed by atoms with E-state index in [9.17, 15) is 13.8 Å². The van der Waals surface area contributed by atoms with Crippen molar-refractivity contribution in [3.8, 4) is 0 Å². The number of aromatic nitrogens is 4. The maximum absolute atomic E-state index is 13.4. The molecule has 2 aromatic heterocycles. The molecule has 0 saturated carbocycles. The van der Waals surface area contributed by atoms with Crippen LogP contribution in [0.25, 0.3) is 16.6 Å². The molecule has 5 rings (SSSR count). The highest BCUT2D eigenvalue weighted by atomic mass is 32.2. The zero-order chi connectivity index (χ0) is 26.8. The number of amides is 1. The van der Waals surface area contributed by atoms with Gasteiger partial charge in [-0.2, -0.15) is 4.98 Å². The highest BCUT2D eigenvalue weighted by molar-refractivity contribution is 7.85. The molecule has 0 spiro atoms. The molecule has 0 aliphatic carbocycles. The number of aromatic amines is 1. The van der Waals surface area contributed by atoms with Gasteiger partial charge >= 0.3 is 0 Å². The average Bonchev–Trinajstić information content (AvgIpc) is 3.34. The van der Waals surface area contributed by atoms with Crippen LogP contribution in [0.1, 0.15) is 17.5 Å². The fraction of sp³-hybridized carbons (Fsp3) is 0.385. The number of piperazine rings is 1. The van der Waals surface area contributed by atoms with Gasteiger partial charge in [-0.3, -0.25) is 14.5 Å². The number of carbonyl (C=O) groups excluding carboxylic acids is 1.